The number of carbonyl (C=O) groups excluding carboxylic acids is 1. The number of hydrogen-bond donors (Lipinski definition) is 2. The summed E-state index contributed by atoms with van der Waals surface area (Å²) in [5.74, 6) is 0.519. The molecular formula is C26H31N7O4. The lowest BCUT2D eigenvalue weighted by molar-refractivity contribution is -0.0592. The summed E-state index contributed by atoms with van der Waals surface area (Å²) in [6, 6.07) is 6.00. The summed E-state index contributed by atoms with van der Waals surface area (Å²) in [4.78, 5) is 22.9. The number of carbonyl (C=O) groups is 1. The van der Waals surface area contributed by atoms with Crippen LogP contribution in [0.1, 0.15) is 35.7 Å². The summed E-state index contributed by atoms with van der Waals surface area (Å²) < 4.78 is 20.7. The van der Waals surface area contributed by atoms with Crippen LogP contribution in [0.25, 0.3) is 27.9 Å². The van der Waals surface area contributed by atoms with Gasteiger partial charge in [0.05, 0.1) is 36.7 Å². The number of nitrogens with one attached hydrogen (secondary N) is 2. The molecule has 1 amide bonds. The number of nitrogens with zero attached hydrogens (tertiary/aromatic N) is 5. The molecule has 6 rings (SSSR count). The van der Waals surface area contributed by atoms with Crippen molar-refractivity contribution in [3.8, 4) is 11.3 Å². The first-order valence-corrected chi connectivity index (χ1v) is 12.6. The van der Waals surface area contributed by atoms with E-state index in [-0.39, 0.29) is 30.2 Å². The maximum atomic E-state index is 13.2. The van der Waals surface area contributed by atoms with Gasteiger partial charge in [0.25, 0.3) is 5.91 Å². The van der Waals surface area contributed by atoms with Crippen molar-refractivity contribution < 1.29 is 19.0 Å². The highest BCUT2D eigenvalue weighted by Gasteiger charge is 2.33. The number of aromatic nitrogens is 5. The Bertz CT molecular complexity index is 1450. The maximum absolute atomic E-state index is 13.2. The Balaban J connectivity index is 1.45. The summed E-state index contributed by atoms with van der Waals surface area (Å²) in [5, 5.41) is 11.7. The second-order valence-corrected chi connectivity index (χ2v) is 9.53. The first kappa shape index (κ1) is 23.8. The SMILES string of the molecule is CNc1cc(-c2cn([C@H]3CCOC[C@@H]3OC)c3ncccc23)nc2c(C(=O)NC3CC[C@@H]3OC)cnn12. The molecular weight excluding hydrogens is 474 g/mol. The lowest BCUT2D eigenvalue weighted by Crippen LogP contribution is -2.51. The van der Waals surface area contributed by atoms with Crippen LogP contribution in [0.2, 0.25) is 0 Å². The Morgan fingerprint density at radius 2 is 2.03 bits per heavy atom. The van der Waals surface area contributed by atoms with Crippen LogP contribution in [0.3, 0.4) is 0 Å². The molecule has 1 aliphatic carbocycles. The molecule has 0 bridgehead atoms. The molecule has 5 heterocycles. The molecule has 1 saturated heterocycles. The van der Waals surface area contributed by atoms with Gasteiger partial charge >= 0.3 is 0 Å². The van der Waals surface area contributed by atoms with Crippen LogP contribution in [-0.2, 0) is 14.2 Å². The van der Waals surface area contributed by atoms with Crippen LogP contribution in [0.5, 0.6) is 0 Å². The first-order valence-electron chi connectivity index (χ1n) is 12.6. The van der Waals surface area contributed by atoms with Crippen LogP contribution in [0.4, 0.5) is 5.82 Å². The minimum absolute atomic E-state index is 0.00310. The van der Waals surface area contributed by atoms with Crippen molar-refractivity contribution in [3.05, 3.63) is 42.4 Å². The molecule has 0 radical (unpaired) electrons. The average molecular weight is 506 g/mol. The van der Waals surface area contributed by atoms with Crippen molar-refractivity contribution in [1.29, 1.82) is 0 Å². The standard InChI is InChI=1S/C26H31N7O4/c1-27-23-11-19(30-25-16(12-29-33(23)25)26(34)31-18-6-7-21(18)35-2)17-13-32(24-15(17)5-4-9-28-24)20-8-10-37-14-22(20)36-3/h4-5,9,11-13,18,20-22,27H,6-8,10,14H2,1-3H3,(H,31,34)/t18?,20-,21-,22-/m0/s1. The molecule has 1 aliphatic heterocycles. The predicted octanol–water partition coefficient (Wildman–Crippen LogP) is 2.67. The van der Waals surface area contributed by atoms with E-state index < -0.39 is 0 Å². The number of fused-ring (bicyclic) bond motifs is 2. The molecule has 0 spiro atoms. The van der Waals surface area contributed by atoms with Crippen LogP contribution < -0.4 is 10.6 Å². The number of anilines is 1. The lowest BCUT2D eigenvalue weighted by Gasteiger charge is -2.35. The highest BCUT2D eigenvalue weighted by Crippen LogP contribution is 2.35. The van der Waals surface area contributed by atoms with Crippen LogP contribution in [-0.4, -0.2) is 82.8 Å². The van der Waals surface area contributed by atoms with Gasteiger partial charge < -0.3 is 29.4 Å². The number of rotatable bonds is 7. The number of hydrogen-bond acceptors (Lipinski definition) is 8. The number of ether oxygens (including phenoxy) is 3. The molecule has 4 atom stereocenters. The zero-order valence-electron chi connectivity index (χ0n) is 21.2. The van der Waals surface area contributed by atoms with Crippen molar-refractivity contribution in [3.63, 3.8) is 0 Å². The smallest absolute Gasteiger partial charge is 0.257 e. The van der Waals surface area contributed by atoms with E-state index in [0.29, 0.717) is 24.4 Å². The van der Waals surface area contributed by atoms with Gasteiger partial charge in [-0.15, -0.1) is 0 Å². The molecule has 0 aromatic carbocycles. The highest BCUT2D eigenvalue weighted by molar-refractivity contribution is 6.01. The minimum atomic E-state index is -0.206. The van der Waals surface area contributed by atoms with E-state index in [4.69, 9.17) is 24.2 Å². The van der Waals surface area contributed by atoms with Gasteiger partial charge in [0.15, 0.2) is 5.65 Å². The zero-order valence-corrected chi connectivity index (χ0v) is 21.2. The van der Waals surface area contributed by atoms with Gasteiger partial charge in [0.2, 0.25) is 0 Å². The summed E-state index contributed by atoms with van der Waals surface area (Å²) >= 11 is 0. The third-order valence-electron chi connectivity index (χ3n) is 7.60. The molecule has 1 unspecified atom stereocenters. The van der Waals surface area contributed by atoms with Crippen molar-refractivity contribution >= 4 is 28.4 Å². The molecule has 11 heteroatoms. The molecule has 2 N–H and O–H groups in total. The van der Waals surface area contributed by atoms with Crippen LogP contribution >= 0.6 is 0 Å². The molecule has 1 saturated carbocycles. The second-order valence-electron chi connectivity index (χ2n) is 9.53. The van der Waals surface area contributed by atoms with Gasteiger partial charge in [-0.1, -0.05) is 0 Å². The number of pyridine rings is 1. The van der Waals surface area contributed by atoms with Crippen LogP contribution in [0, 0.1) is 0 Å². The fourth-order valence-corrected chi connectivity index (χ4v) is 5.39. The van der Waals surface area contributed by atoms with E-state index in [1.165, 1.54) is 0 Å². The van der Waals surface area contributed by atoms with Gasteiger partial charge in [0, 0.05) is 57.3 Å². The predicted molar refractivity (Wildman–Crippen MR) is 138 cm³/mol. The minimum Gasteiger partial charge on any atom is -0.379 e. The molecule has 11 nitrogen and oxygen atoms in total. The van der Waals surface area contributed by atoms with Crippen molar-refractivity contribution in [2.24, 2.45) is 0 Å². The Labute approximate surface area is 214 Å². The maximum Gasteiger partial charge on any atom is 0.257 e. The second kappa shape index (κ2) is 9.73. The van der Waals surface area contributed by atoms with E-state index in [9.17, 15) is 4.79 Å². The first-order chi connectivity index (χ1) is 18.1. The topological polar surface area (TPSA) is 117 Å². The van der Waals surface area contributed by atoms with E-state index in [0.717, 1.165) is 47.4 Å². The summed E-state index contributed by atoms with van der Waals surface area (Å²) in [6.45, 7) is 1.20. The van der Waals surface area contributed by atoms with Gasteiger partial charge in [-0.25, -0.2) is 9.97 Å². The fraction of sp³-hybridized carbons (Fsp3) is 0.462. The summed E-state index contributed by atoms with van der Waals surface area (Å²) in [5.41, 5.74) is 3.42. The zero-order chi connectivity index (χ0) is 25.5. The summed E-state index contributed by atoms with van der Waals surface area (Å²) in [6.07, 6.45) is 8.08. The van der Waals surface area contributed by atoms with Crippen LogP contribution in [0.15, 0.2) is 36.8 Å². The van der Waals surface area contributed by atoms with Gasteiger partial charge in [-0.2, -0.15) is 9.61 Å². The monoisotopic (exact) mass is 505 g/mol. The van der Waals surface area contributed by atoms with Gasteiger partial charge in [-0.05, 0) is 31.4 Å². The molecule has 4 aromatic rings. The fourth-order valence-electron chi connectivity index (χ4n) is 5.39. The third kappa shape index (κ3) is 4.03. The van der Waals surface area contributed by atoms with Crippen molar-refractivity contribution in [1.82, 2.24) is 29.5 Å². The van der Waals surface area contributed by atoms with Gasteiger partial charge in [0.1, 0.15) is 23.1 Å². The Morgan fingerprint density at radius 3 is 2.78 bits per heavy atom. The Hall–Kier alpha value is -3.54. The van der Waals surface area contributed by atoms with E-state index in [1.54, 1.807) is 31.1 Å². The Kier molecular flexibility index (Phi) is 6.27. The highest BCUT2D eigenvalue weighted by atomic mass is 16.5. The Morgan fingerprint density at radius 1 is 1.16 bits per heavy atom. The average Bonchev–Trinajstić information content (AvgIpc) is 3.53. The van der Waals surface area contributed by atoms with E-state index >= 15 is 0 Å². The largest absolute Gasteiger partial charge is 0.379 e. The molecule has 37 heavy (non-hydrogen) atoms. The van der Waals surface area contributed by atoms with Gasteiger partial charge in [-0.3, -0.25) is 4.79 Å². The lowest BCUT2D eigenvalue weighted by atomic mass is 9.89. The van der Waals surface area contributed by atoms with E-state index in [1.807, 2.05) is 25.2 Å². The molecule has 4 aromatic heterocycles. The van der Waals surface area contributed by atoms with Crippen molar-refractivity contribution in [2.45, 2.75) is 43.6 Å². The van der Waals surface area contributed by atoms with E-state index in [2.05, 4.69) is 26.5 Å². The molecule has 2 aliphatic rings. The third-order valence-corrected chi connectivity index (χ3v) is 7.60. The molecule has 194 valence electrons. The number of methoxy groups -OCH3 is 2. The summed E-state index contributed by atoms with van der Waals surface area (Å²) in [7, 11) is 5.21. The number of amides is 1. The quantitative estimate of drug-likeness (QED) is 0.394. The normalized spacial score (nSPS) is 23.8. The molecule has 2 fully saturated rings. The van der Waals surface area contributed by atoms with Crippen molar-refractivity contribution in [2.75, 3.05) is 39.8 Å².